The van der Waals surface area contributed by atoms with E-state index in [1.54, 1.807) is 0 Å². The monoisotopic (exact) mass is 275 g/mol. The first-order chi connectivity index (χ1) is 9.75. The third-order valence-electron chi connectivity index (χ3n) is 4.21. The summed E-state index contributed by atoms with van der Waals surface area (Å²) in [4.78, 5) is 16.5. The summed E-state index contributed by atoms with van der Waals surface area (Å²) >= 11 is 0. The van der Waals surface area contributed by atoms with E-state index in [1.807, 2.05) is 13.1 Å². The van der Waals surface area contributed by atoms with Crippen molar-refractivity contribution in [1.29, 1.82) is 0 Å². The number of aromatic nitrogens is 1. The minimum atomic E-state index is 0.0180. The van der Waals surface area contributed by atoms with Gasteiger partial charge in [-0.05, 0) is 43.0 Å². The van der Waals surface area contributed by atoms with Gasteiger partial charge in [0.25, 0.3) is 0 Å². The van der Waals surface area contributed by atoms with Crippen LogP contribution in [0.4, 0.5) is 0 Å². The van der Waals surface area contributed by atoms with Gasteiger partial charge in [0.15, 0.2) is 0 Å². The van der Waals surface area contributed by atoms with Gasteiger partial charge in [-0.2, -0.15) is 0 Å². The second kappa shape index (κ2) is 5.89. The normalized spacial score (nSPS) is 21.6. The maximum absolute atomic E-state index is 12.1. The number of carbonyl (C=O) groups excluding carboxylic acids is 1. The zero-order valence-corrected chi connectivity index (χ0v) is 11.9. The number of ether oxygens (including phenoxy) is 1. The molecule has 1 fully saturated rings. The van der Waals surface area contributed by atoms with Gasteiger partial charge >= 0.3 is 0 Å². The Hall–Kier alpha value is -1.46. The van der Waals surface area contributed by atoms with Crippen LogP contribution >= 0.6 is 0 Å². The zero-order chi connectivity index (χ0) is 13.9. The first-order valence-corrected chi connectivity index (χ1v) is 7.28. The van der Waals surface area contributed by atoms with E-state index in [2.05, 4.69) is 15.6 Å². The molecule has 0 aromatic carbocycles. The third kappa shape index (κ3) is 2.69. The van der Waals surface area contributed by atoms with Gasteiger partial charge in [0.1, 0.15) is 0 Å². The molecule has 0 unspecified atom stereocenters. The van der Waals surface area contributed by atoms with Crippen LogP contribution in [-0.2, 0) is 29.0 Å². The maximum atomic E-state index is 12.1. The molecule has 3 heterocycles. The number of nitrogens with one attached hydrogen (secondary N) is 2. The average Bonchev–Trinajstić information content (AvgIpc) is 3.00. The van der Waals surface area contributed by atoms with Crippen LogP contribution in [0.25, 0.3) is 0 Å². The molecule has 1 aromatic rings. The third-order valence-corrected chi connectivity index (χ3v) is 4.21. The largest absolute Gasteiger partial charge is 0.381 e. The smallest absolute Gasteiger partial charge is 0.225 e. The van der Waals surface area contributed by atoms with Gasteiger partial charge in [0.05, 0.1) is 12.5 Å². The lowest BCUT2D eigenvalue weighted by Gasteiger charge is -2.22. The Kier molecular flexibility index (Phi) is 3.98. The van der Waals surface area contributed by atoms with E-state index >= 15 is 0 Å². The standard InChI is InChI=1S/C15H21N3O2/c1-10-14(8-18-15(19)11-3-5-20-9-11)13-2-4-16-6-12(13)7-17-10/h7,11,16H,2-6,8-9H2,1H3,(H,18,19)/t11-/m0/s1. The van der Waals surface area contributed by atoms with Crippen molar-refractivity contribution in [3.63, 3.8) is 0 Å². The Morgan fingerprint density at radius 3 is 3.30 bits per heavy atom. The highest BCUT2D eigenvalue weighted by Crippen LogP contribution is 2.20. The van der Waals surface area contributed by atoms with Gasteiger partial charge < -0.3 is 15.4 Å². The van der Waals surface area contributed by atoms with E-state index < -0.39 is 0 Å². The van der Waals surface area contributed by atoms with Gasteiger partial charge in [-0.25, -0.2) is 0 Å². The second-order valence-corrected chi connectivity index (χ2v) is 5.53. The molecule has 2 aliphatic heterocycles. The highest BCUT2D eigenvalue weighted by Gasteiger charge is 2.24. The summed E-state index contributed by atoms with van der Waals surface area (Å²) in [5.74, 6) is 0.123. The van der Waals surface area contributed by atoms with Crippen LogP contribution in [0.5, 0.6) is 0 Å². The van der Waals surface area contributed by atoms with Gasteiger partial charge in [0.2, 0.25) is 5.91 Å². The van der Waals surface area contributed by atoms with Crippen molar-refractivity contribution < 1.29 is 9.53 Å². The van der Waals surface area contributed by atoms with Crippen LogP contribution in [0, 0.1) is 12.8 Å². The van der Waals surface area contributed by atoms with Crippen LogP contribution < -0.4 is 10.6 Å². The second-order valence-electron chi connectivity index (χ2n) is 5.53. The Labute approximate surface area is 119 Å². The minimum Gasteiger partial charge on any atom is -0.381 e. The summed E-state index contributed by atoms with van der Waals surface area (Å²) < 4.78 is 5.26. The summed E-state index contributed by atoms with van der Waals surface area (Å²) in [5.41, 5.74) is 4.83. The number of hydrogen-bond donors (Lipinski definition) is 2. The number of rotatable bonds is 3. The number of pyridine rings is 1. The molecule has 1 saturated heterocycles. The fourth-order valence-corrected chi connectivity index (χ4v) is 2.94. The van der Waals surface area contributed by atoms with Crippen LogP contribution in [0.3, 0.4) is 0 Å². The molecule has 0 radical (unpaired) electrons. The number of hydrogen-bond acceptors (Lipinski definition) is 4. The molecule has 0 aliphatic carbocycles. The summed E-state index contributed by atoms with van der Waals surface area (Å²) in [6, 6.07) is 0. The van der Waals surface area contributed by atoms with Gasteiger partial charge in [-0.3, -0.25) is 9.78 Å². The zero-order valence-electron chi connectivity index (χ0n) is 11.9. The number of aryl methyl sites for hydroxylation is 1. The average molecular weight is 275 g/mol. The molecule has 0 bridgehead atoms. The summed E-state index contributed by atoms with van der Waals surface area (Å²) in [5, 5.41) is 6.41. The fourth-order valence-electron chi connectivity index (χ4n) is 2.94. The molecule has 5 heteroatoms. The lowest BCUT2D eigenvalue weighted by molar-refractivity contribution is -0.125. The molecule has 0 saturated carbocycles. The van der Waals surface area contributed by atoms with Crippen LogP contribution in [0.1, 0.15) is 28.8 Å². The molecule has 1 aromatic heterocycles. The lowest BCUT2D eigenvalue weighted by atomic mass is 9.96. The molecule has 108 valence electrons. The van der Waals surface area contributed by atoms with Crippen molar-refractivity contribution in [3.05, 3.63) is 28.6 Å². The van der Waals surface area contributed by atoms with Crippen molar-refractivity contribution >= 4 is 5.91 Å². The predicted octanol–water partition coefficient (Wildman–Crippen LogP) is 0.688. The minimum absolute atomic E-state index is 0.0180. The molecular weight excluding hydrogens is 254 g/mol. The van der Waals surface area contributed by atoms with Crippen LogP contribution in [0.15, 0.2) is 6.20 Å². The SMILES string of the molecule is Cc1ncc2c(c1CNC(=O)[C@H]1CCOC1)CCNC2. The first kappa shape index (κ1) is 13.5. The quantitative estimate of drug-likeness (QED) is 0.852. The predicted molar refractivity (Wildman–Crippen MR) is 75.2 cm³/mol. The van der Waals surface area contributed by atoms with Crippen LogP contribution in [0.2, 0.25) is 0 Å². The Morgan fingerprint density at radius 1 is 1.60 bits per heavy atom. The first-order valence-electron chi connectivity index (χ1n) is 7.28. The fraction of sp³-hybridized carbons (Fsp3) is 0.600. The van der Waals surface area contributed by atoms with E-state index in [4.69, 9.17) is 4.74 Å². The van der Waals surface area contributed by atoms with E-state index in [9.17, 15) is 4.79 Å². The van der Waals surface area contributed by atoms with Gasteiger partial charge in [0, 0.05) is 31.6 Å². The summed E-state index contributed by atoms with van der Waals surface area (Å²) in [6.07, 6.45) is 3.79. The van der Waals surface area contributed by atoms with Crippen LogP contribution in [-0.4, -0.2) is 30.6 Å². The molecule has 2 aliphatic rings. The van der Waals surface area contributed by atoms with Gasteiger partial charge in [-0.1, -0.05) is 0 Å². The van der Waals surface area contributed by atoms with E-state index in [0.29, 0.717) is 19.8 Å². The summed E-state index contributed by atoms with van der Waals surface area (Å²) in [7, 11) is 0. The van der Waals surface area contributed by atoms with Crippen molar-refractivity contribution in [2.45, 2.75) is 32.9 Å². The Bertz CT molecular complexity index is 510. The van der Waals surface area contributed by atoms with E-state index in [1.165, 1.54) is 16.7 Å². The number of nitrogens with zero attached hydrogens (tertiary/aromatic N) is 1. The highest BCUT2D eigenvalue weighted by atomic mass is 16.5. The van der Waals surface area contributed by atoms with E-state index in [0.717, 1.165) is 31.6 Å². The van der Waals surface area contributed by atoms with Crippen molar-refractivity contribution in [1.82, 2.24) is 15.6 Å². The summed E-state index contributed by atoms with van der Waals surface area (Å²) in [6.45, 7) is 5.72. The molecule has 5 nitrogen and oxygen atoms in total. The topological polar surface area (TPSA) is 63.2 Å². The van der Waals surface area contributed by atoms with Crippen molar-refractivity contribution in [3.8, 4) is 0 Å². The van der Waals surface area contributed by atoms with E-state index in [-0.39, 0.29) is 11.8 Å². The number of fused-ring (bicyclic) bond motifs is 1. The Morgan fingerprint density at radius 2 is 2.50 bits per heavy atom. The molecule has 1 amide bonds. The Balaban J connectivity index is 1.72. The molecule has 3 rings (SSSR count). The molecular formula is C15H21N3O2. The van der Waals surface area contributed by atoms with Crippen molar-refractivity contribution in [2.24, 2.45) is 5.92 Å². The molecule has 2 N–H and O–H groups in total. The molecule has 20 heavy (non-hydrogen) atoms. The molecule has 1 atom stereocenters. The maximum Gasteiger partial charge on any atom is 0.225 e. The van der Waals surface area contributed by atoms with Crippen molar-refractivity contribution in [2.75, 3.05) is 19.8 Å². The number of amides is 1. The highest BCUT2D eigenvalue weighted by molar-refractivity contribution is 5.79. The lowest BCUT2D eigenvalue weighted by Crippen LogP contribution is -2.32. The number of carbonyl (C=O) groups is 1. The van der Waals surface area contributed by atoms with Gasteiger partial charge in [-0.15, -0.1) is 0 Å². The molecule has 0 spiro atoms.